The van der Waals surface area contributed by atoms with Crippen LogP contribution in [-0.4, -0.2) is 78.4 Å². The van der Waals surface area contributed by atoms with Crippen LogP contribution < -0.4 is 5.32 Å². The van der Waals surface area contributed by atoms with Crippen LogP contribution in [0.3, 0.4) is 0 Å². The number of benzene rings is 1. The van der Waals surface area contributed by atoms with Crippen LogP contribution in [0.4, 0.5) is 0 Å². The van der Waals surface area contributed by atoms with Gasteiger partial charge >= 0.3 is 0 Å². The maximum atomic E-state index is 12.7. The van der Waals surface area contributed by atoms with Crippen LogP contribution in [0.5, 0.6) is 0 Å². The van der Waals surface area contributed by atoms with E-state index in [1.807, 2.05) is 4.90 Å². The first kappa shape index (κ1) is 20.6. The number of hydrogen-bond acceptors (Lipinski definition) is 3. The number of amides is 1. The van der Waals surface area contributed by atoms with E-state index >= 15 is 0 Å². The summed E-state index contributed by atoms with van der Waals surface area (Å²) in [6.45, 7) is 13.3. The summed E-state index contributed by atoms with van der Waals surface area (Å²) < 4.78 is 0. The average Bonchev–Trinajstić information content (AvgIpc) is 3.26. The Hall–Kier alpha value is -2.08. The van der Waals surface area contributed by atoms with Gasteiger partial charge in [0.05, 0.1) is 12.6 Å². The van der Waals surface area contributed by atoms with Gasteiger partial charge in [0.15, 0.2) is 5.96 Å². The van der Waals surface area contributed by atoms with Gasteiger partial charge in [-0.15, -0.1) is 0 Å². The lowest BCUT2D eigenvalue weighted by Crippen LogP contribution is -2.57. The first-order chi connectivity index (χ1) is 13.6. The Morgan fingerprint density at radius 2 is 1.68 bits per heavy atom. The van der Waals surface area contributed by atoms with Gasteiger partial charge in [-0.25, -0.2) is 4.99 Å². The molecular formula is C22H35N5O. The molecule has 6 heteroatoms. The number of rotatable bonds is 5. The molecule has 2 fully saturated rings. The first-order valence-corrected chi connectivity index (χ1v) is 10.7. The fraction of sp³-hybridized carbons (Fsp3) is 0.636. The molecule has 0 saturated carbocycles. The second kappa shape index (κ2) is 9.92. The molecule has 2 aliphatic rings. The second-order valence-electron chi connectivity index (χ2n) is 7.89. The molecule has 3 rings (SSSR count). The van der Waals surface area contributed by atoms with Crippen LogP contribution in [0.1, 0.15) is 37.8 Å². The van der Waals surface area contributed by atoms with Gasteiger partial charge in [0, 0.05) is 45.8 Å². The Bertz CT molecular complexity index is 658. The standard InChI is InChI=1S/C22H35N5O/c1-4-23-22(24-17-20-9-7-18(2)8-10-20)27-15-13-25(14-16-27)19(3)21(28)26-11-5-6-12-26/h7-10,19H,4-6,11-17H2,1-3H3,(H,23,24). The minimum absolute atomic E-state index is 0.0210. The zero-order chi connectivity index (χ0) is 19.9. The number of guanidine groups is 1. The Balaban J connectivity index is 1.55. The number of piperazine rings is 1. The molecule has 1 unspecified atom stereocenters. The van der Waals surface area contributed by atoms with E-state index in [2.05, 4.69) is 60.2 Å². The van der Waals surface area contributed by atoms with Crippen LogP contribution in [0, 0.1) is 6.92 Å². The molecule has 1 N–H and O–H groups in total. The number of aryl methyl sites for hydroxylation is 1. The van der Waals surface area contributed by atoms with Crippen molar-refractivity contribution in [2.45, 2.75) is 46.2 Å². The maximum Gasteiger partial charge on any atom is 0.239 e. The number of carbonyl (C=O) groups is 1. The Morgan fingerprint density at radius 3 is 2.29 bits per heavy atom. The Labute approximate surface area is 169 Å². The highest BCUT2D eigenvalue weighted by molar-refractivity contribution is 5.82. The van der Waals surface area contributed by atoms with Gasteiger partial charge in [-0.3, -0.25) is 9.69 Å². The van der Waals surface area contributed by atoms with Crippen molar-refractivity contribution in [2.75, 3.05) is 45.8 Å². The lowest BCUT2D eigenvalue weighted by atomic mass is 10.1. The molecule has 0 spiro atoms. The molecule has 154 valence electrons. The van der Waals surface area contributed by atoms with E-state index < -0.39 is 0 Å². The number of carbonyl (C=O) groups excluding carboxylic acids is 1. The van der Waals surface area contributed by atoms with Gasteiger partial charge < -0.3 is 15.1 Å². The molecule has 0 bridgehead atoms. The van der Waals surface area contributed by atoms with Crippen LogP contribution in [0.2, 0.25) is 0 Å². The fourth-order valence-electron chi connectivity index (χ4n) is 3.96. The zero-order valence-corrected chi connectivity index (χ0v) is 17.7. The molecule has 1 aromatic carbocycles. The summed E-state index contributed by atoms with van der Waals surface area (Å²) in [5, 5.41) is 3.43. The van der Waals surface area contributed by atoms with Crippen molar-refractivity contribution in [1.82, 2.24) is 20.0 Å². The molecular weight excluding hydrogens is 350 g/mol. The van der Waals surface area contributed by atoms with Gasteiger partial charge in [0.25, 0.3) is 0 Å². The summed E-state index contributed by atoms with van der Waals surface area (Å²) in [7, 11) is 0. The average molecular weight is 386 g/mol. The zero-order valence-electron chi connectivity index (χ0n) is 17.7. The molecule has 6 nitrogen and oxygen atoms in total. The van der Waals surface area contributed by atoms with Crippen LogP contribution >= 0.6 is 0 Å². The van der Waals surface area contributed by atoms with E-state index in [9.17, 15) is 4.79 Å². The smallest absolute Gasteiger partial charge is 0.239 e. The van der Waals surface area contributed by atoms with E-state index in [0.717, 1.165) is 64.6 Å². The molecule has 1 atom stereocenters. The first-order valence-electron chi connectivity index (χ1n) is 10.7. The highest BCUT2D eigenvalue weighted by Gasteiger charge is 2.30. The summed E-state index contributed by atoms with van der Waals surface area (Å²) >= 11 is 0. The van der Waals surface area contributed by atoms with Gasteiger partial charge in [0.1, 0.15) is 0 Å². The summed E-state index contributed by atoms with van der Waals surface area (Å²) in [6, 6.07) is 8.54. The molecule has 0 aliphatic carbocycles. The molecule has 1 amide bonds. The van der Waals surface area contributed by atoms with E-state index in [1.54, 1.807) is 0 Å². The van der Waals surface area contributed by atoms with Crippen LogP contribution in [0.25, 0.3) is 0 Å². The lowest BCUT2D eigenvalue weighted by Gasteiger charge is -2.39. The number of nitrogens with one attached hydrogen (secondary N) is 1. The minimum atomic E-state index is -0.0210. The maximum absolute atomic E-state index is 12.7. The van der Waals surface area contributed by atoms with Gasteiger partial charge in [0.2, 0.25) is 5.91 Å². The van der Waals surface area contributed by atoms with Crippen molar-refractivity contribution in [3.8, 4) is 0 Å². The highest BCUT2D eigenvalue weighted by atomic mass is 16.2. The molecule has 1 aromatic rings. The molecule has 2 heterocycles. The highest BCUT2D eigenvalue weighted by Crippen LogP contribution is 2.14. The van der Waals surface area contributed by atoms with Crippen molar-refractivity contribution in [1.29, 1.82) is 0 Å². The topological polar surface area (TPSA) is 51.2 Å². The summed E-state index contributed by atoms with van der Waals surface area (Å²) in [5.74, 6) is 1.27. The third-order valence-electron chi connectivity index (χ3n) is 5.80. The van der Waals surface area contributed by atoms with Gasteiger partial charge in [-0.1, -0.05) is 29.8 Å². The molecule has 28 heavy (non-hydrogen) atoms. The molecule has 0 radical (unpaired) electrons. The van der Waals surface area contributed by atoms with Gasteiger partial charge in [-0.2, -0.15) is 0 Å². The molecule has 2 saturated heterocycles. The quantitative estimate of drug-likeness (QED) is 0.623. The van der Waals surface area contributed by atoms with Crippen LogP contribution in [0.15, 0.2) is 29.3 Å². The minimum Gasteiger partial charge on any atom is -0.357 e. The van der Waals surface area contributed by atoms with E-state index in [1.165, 1.54) is 11.1 Å². The Morgan fingerprint density at radius 1 is 1.04 bits per heavy atom. The third-order valence-corrected chi connectivity index (χ3v) is 5.80. The SMILES string of the molecule is CCNC(=NCc1ccc(C)cc1)N1CCN(C(C)C(=O)N2CCCC2)CC1. The number of likely N-dealkylation sites (tertiary alicyclic amines) is 1. The van der Waals surface area contributed by atoms with Crippen molar-refractivity contribution >= 4 is 11.9 Å². The van der Waals surface area contributed by atoms with Crippen molar-refractivity contribution < 1.29 is 4.79 Å². The van der Waals surface area contributed by atoms with Gasteiger partial charge in [-0.05, 0) is 39.2 Å². The number of nitrogens with zero attached hydrogens (tertiary/aromatic N) is 4. The van der Waals surface area contributed by atoms with Crippen molar-refractivity contribution in [3.05, 3.63) is 35.4 Å². The fourth-order valence-corrected chi connectivity index (χ4v) is 3.96. The molecule has 2 aliphatic heterocycles. The predicted molar refractivity (Wildman–Crippen MR) is 114 cm³/mol. The Kier molecular flexibility index (Phi) is 7.31. The predicted octanol–water partition coefficient (Wildman–Crippen LogP) is 2.09. The van der Waals surface area contributed by atoms with Crippen molar-refractivity contribution in [2.24, 2.45) is 4.99 Å². The summed E-state index contributed by atoms with van der Waals surface area (Å²) in [5.41, 5.74) is 2.50. The molecule has 0 aromatic heterocycles. The van der Waals surface area contributed by atoms with E-state index in [0.29, 0.717) is 12.5 Å². The van der Waals surface area contributed by atoms with E-state index in [-0.39, 0.29) is 6.04 Å². The second-order valence-corrected chi connectivity index (χ2v) is 7.89. The third kappa shape index (κ3) is 5.25. The van der Waals surface area contributed by atoms with Crippen LogP contribution in [-0.2, 0) is 11.3 Å². The monoisotopic (exact) mass is 385 g/mol. The lowest BCUT2D eigenvalue weighted by molar-refractivity contribution is -0.135. The number of hydrogen-bond donors (Lipinski definition) is 1. The van der Waals surface area contributed by atoms with E-state index in [4.69, 9.17) is 4.99 Å². The largest absolute Gasteiger partial charge is 0.357 e. The summed E-state index contributed by atoms with van der Waals surface area (Å²) in [4.78, 5) is 24.2. The number of aliphatic imine (C=N–C) groups is 1. The normalized spacial score (nSPS) is 19.8. The van der Waals surface area contributed by atoms with Crippen molar-refractivity contribution in [3.63, 3.8) is 0 Å². The summed E-state index contributed by atoms with van der Waals surface area (Å²) in [6.07, 6.45) is 2.30.